The molecular weight excluding hydrogens is 184 g/mol. The monoisotopic (exact) mass is 202 g/mol. The Morgan fingerprint density at radius 3 is 2.54 bits per heavy atom. The summed E-state index contributed by atoms with van der Waals surface area (Å²) in [4.78, 5) is 11.0. The molecule has 0 aromatic rings. The van der Waals surface area contributed by atoms with Crippen molar-refractivity contribution in [1.29, 1.82) is 0 Å². The maximum Gasteiger partial charge on any atom is 0.330 e. The van der Waals surface area contributed by atoms with Crippen molar-refractivity contribution in [2.24, 2.45) is 0 Å². The van der Waals surface area contributed by atoms with Crippen LogP contribution >= 0.6 is 0 Å². The maximum atomic E-state index is 11.0. The van der Waals surface area contributed by atoms with Crippen LogP contribution in [0.5, 0.6) is 0 Å². The van der Waals surface area contributed by atoms with E-state index >= 15 is 0 Å². The highest BCUT2D eigenvalue weighted by Gasteiger charge is 2.23. The van der Waals surface area contributed by atoms with Crippen LogP contribution < -0.4 is 0 Å². The fraction of sp³-hybridized carbons (Fsp3) is 0.667. The van der Waals surface area contributed by atoms with Gasteiger partial charge in [0.05, 0.1) is 0 Å². The second-order valence-corrected chi connectivity index (χ2v) is 7.40. The molecule has 0 atom stereocenters. The first-order valence-electron chi connectivity index (χ1n) is 4.45. The van der Waals surface area contributed by atoms with Crippen LogP contribution in [0.1, 0.15) is 13.8 Å². The Balaban J connectivity index is 3.80. The van der Waals surface area contributed by atoms with Crippen LogP contribution in [0.4, 0.5) is 0 Å². The molecule has 0 aromatic heterocycles. The minimum Gasteiger partial charge on any atom is -0.463 e. The lowest BCUT2D eigenvalue weighted by Crippen LogP contribution is -2.37. The highest BCUT2D eigenvalue weighted by Crippen LogP contribution is 2.04. The number of carbonyl (C=O) groups is 1. The van der Waals surface area contributed by atoms with Gasteiger partial charge in [-0.1, -0.05) is 6.08 Å². The van der Waals surface area contributed by atoms with Gasteiger partial charge < -0.3 is 9.16 Å². The van der Waals surface area contributed by atoms with Gasteiger partial charge in [0.15, 0.2) is 0 Å². The van der Waals surface area contributed by atoms with Gasteiger partial charge in [0.1, 0.15) is 6.23 Å². The first kappa shape index (κ1) is 12.4. The number of esters is 1. The molecule has 0 heterocycles. The van der Waals surface area contributed by atoms with Gasteiger partial charge in [-0.3, -0.25) is 0 Å². The van der Waals surface area contributed by atoms with Crippen LogP contribution in [0.25, 0.3) is 0 Å². The third kappa shape index (κ3) is 6.54. The molecule has 3 nitrogen and oxygen atoms in total. The third-order valence-corrected chi connectivity index (χ3v) is 3.31. The molecule has 0 unspecified atom stereocenters. The van der Waals surface area contributed by atoms with Crippen molar-refractivity contribution in [1.82, 2.24) is 0 Å². The molecule has 0 bridgehead atoms. The Morgan fingerprint density at radius 1 is 1.46 bits per heavy atom. The molecule has 0 N–H and O–H groups in total. The van der Waals surface area contributed by atoms with Crippen molar-refractivity contribution in [3.05, 3.63) is 12.2 Å². The lowest BCUT2D eigenvalue weighted by Gasteiger charge is -2.20. The minimum atomic E-state index is -1.77. The van der Waals surface area contributed by atoms with Crippen molar-refractivity contribution in [3.8, 4) is 0 Å². The van der Waals surface area contributed by atoms with Crippen molar-refractivity contribution in [2.45, 2.75) is 26.9 Å². The summed E-state index contributed by atoms with van der Waals surface area (Å²) in [7, 11) is -1.77. The molecular formula is C9H18O3Si. The fourth-order valence-corrected chi connectivity index (χ4v) is 2.22. The van der Waals surface area contributed by atoms with E-state index in [0.717, 1.165) is 0 Å². The number of allylic oxidation sites excluding steroid dienone is 1. The first-order valence-corrected chi connectivity index (χ1v) is 7.57. The summed E-state index contributed by atoms with van der Waals surface area (Å²) in [6.45, 7) is 8.47. The summed E-state index contributed by atoms with van der Waals surface area (Å²) in [5, 5.41) is 0. The molecule has 0 saturated carbocycles. The molecule has 4 heteroatoms. The van der Waals surface area contributed by atoms with Crippen LogP contribution in [-0.2, 0) is 14.0 Å². The van der Waals surface area contributed by atoms with E-state index in [-0.39, 0.29) is 5.97 Å². The molecule has 0 aromatic carbocycles. The zero-order chi connectivity index (χ0) is 10.3. The van der Waals surface area contributed by atoms with Crippen LogP contribution in [-0.4, -0.2) is 27.1 Å². The molecule has 0 spiro atoms. The molecule has 0 fully saturated rings. The van der Waals surface area contributed by atoms with E-state index in [4.69, 9.17) is 9.16 Å². The van der Waals surface area contributed by atoms with Gasteiger partial charge >= 0.3 is 5.97 Å². The molecule has 0 aliphatic heterocycles. The van der Waals surface area contributed by atoms with Crippen molar-refractivity contribution in [2.75, 3.05) is 12.8 Å². The summed E-state index contributed by atoms with van der Waals surface area (Å²) < 4.78 is 10.5. The minimum absolute atomic E-state index is 0.289. The number of hydrogen-bond donors (Lipinski definition) is 0. The summed E-state index contributed by atoms with van der Waals surface area (Å²) >= 11 is 0. The van der Waals surface area contributed by atoms with E-state index in [9.17, 15) is 4.79 Å². The van der Waals surface area contributed by atoms with Crippen molar-refractivity contribution >= 4 is 14.3 Å². The Hall–Kier alpha value is -0.613. The van der Waals surface area contributed by atoms with Crippen LogP contribution in [0, 0.1) is 0 Å². The molecule has 0 saturated heterocycles. The molecule has 0 aliphatic carbocycles. The molecule has 0 amide bonds. The lowest BCUT2D eigenvalue weighted by atomic mass is 10.5. The van der Waals surface area contributed by atoms with Gasteiger partial charge in [-0.2, -0.15) is 0 Å². The van der Waals surface area contributed by atoms with Gasteiger partial charge in [0.25, 0.3) is 0 Å². The van der Waals surface area contributed by atoms with E-state index in [1.807, 2.05) is 20.0 Å². The van der Waals surface area contributed by atoms with Gasteiger partial charge in [-0.25, -0.2) is 4.79 Å². The van der Waals surface area contributed by atoms with Gasteiger partial charge in [0, 0.05) is 12.7 Å². The Morgan fingerprint density at radius 2 is 2.08 bits per heavy atom. The Kier molecular flexibility index (Phi) is 5.66. The average molecular weight is 202 g/mol. The summed E-state index contributed by atoms with van der Waals surface area (Å²) in [5.74, 6) is -0.289. The number of ether oxygens (including phenoxy) is 1. The lowest BCUT2D eigenvalue weighted by molar-refractivity contribution is -0.136. The topological polar surface area (TPSA) is 35.5 Å². The second kappa shape index (κ2) is 5.94. The Bertz CT molecular complexity index is 187. The SMILES string of the molecule is CC=CC(=O)OC[Si](C)(C)OCC. The van der Waals surface area contributed by atoms with E-state index in [1.165, 1.54) is 6.08 Å². The molecule has 0 radical (unpaired) electrons. The van der Waals surface area contributed by atoms with E-state index in [0.29, 0.717) is 12.8 Å². The maximum absolute atomic E-state index is 11.0. The standard InChI is InChI=1S/C9H18O3Si/c1-5-7-9(10)11-8-13(3,4)12-6-2/h5,7H,6,8H2,1-4H3. The quantitative estimate of drug-likeness (QED) is 0.388. The van der Waals surface area contributed by atoms with Crippen molar-refractivity contribution < 1.29 is 14.0 Å². The van der Waals surface area contributed by atoms with Gasteiger partial charge in [-0.15, -0.1) is 0 Å². The first-order chi connectivity index (χ1) is 6.02. The smallest absolute Gasteiger partial charge is 0.330 e. The summed E-state index contributed by atoms with van der Waals surface area (Å²) in [6, 6.07) is 0. The molecule has 76 valence electrons. The predicted octanol–water partition coefficient (Wildman–Crippen LogP) is 1.89. The van der Waals surface area contributed by atoms with Crippen molar-refractivity contribution in [3.63, 3.8) is 0 Å². The van der Waals surface area contributed by atoms with E-state index < -0.39 is 8.32 Å². The van der Waals surface area contributed by atoms with E-state index in [1.54, 1.807) is 13.0 Å². The third-order valence-electron chi connectivity index (χ3n) is 1.40. The summed E-state index contributed by atoms with van der Waals surface area (Å²) in [5.41, 5.74) is 0. The molecule has 0 rings (SSSR count). The normalized spacial score (nSPS) is 12.0. The fourth-order valence-electron chi connectivity index (χ4n) is 0.862. The molecule has 0 aliphatic rings. The average Bonchev–Trinajstić information content (AvgIpc) is 2.02. The van der Waals surface area contributed by atoms with Crippen LogP contribution in [0.15, 0.2) is 12.2 Å². The predicted molar refractivity (Wildman–Crippen MR) is 54.9 cm³/mol. The zero-order valence-corrected chi connectivity index (χ0v) is 9.79. The largest absolute Gasteiger partial charge is 0.463 e. The number of hydrogen-bond acceptors (Lipinski definition) is 3. The Labute approximate surface area is 80.9 Å². The summed E-state index contributed by atoms with van der Waals surface area (Å²) in [6.07, 6.45) is 3.50. The van der Waals surface area contributed by atoms with Crippen LogP contribution in [0.3, 0.4) is 0 Å². The van der Waals surface area contributed by atoms with Gasteiger partial charge in [-0.05, 0) is 26.9 Å². The van der Waals surface area contributed by atoms with Gasteiger partial charge in [0.2, 0.25) is 8.32 Å². The van der Waals surface area contributed by atoms with Crippen LogP contribution in [0.2, 0.25) is 13.1 Å². The second-order valence-electron chi connectivity index (χ2n) is 3.30. The number of rotatable bonds is 5. The zero-order valence-electron chi connectivity index (χ0n) is 8.79. The number of carbonyl (C=O) groups excluding carboxylic acids is 1. The highest BCUT2D eigenvalue weighted by atomic mass is 28.4. The highest BCUT2D eigenvalue weighted by molar-refractivity contribution is 6.71. The van der Waals surface area contributed by atoms with E-state index in [2.05, 4.69) is 0 Å². The molecule has 13 heavy (non-hydrogen) atoms.